The molecule has 0 unspecified atom stereocenters. The van der Waals surface area contributed by atoms with Crippen LogP contribution >= 0.6 is 11.6 Å². The number of rotatable bonds is 8. The topological polar surface area (TPSA) is 127 Å². The van der Waals surface area contributed by atoms with Crippen molar-refractivity contribution in [3.05, 3.63) is 75.2 Å². The summed E-state index contributed by atoms with van der Waals surface area (Å²) in [5, 5.41) is 14.4. The molecule has 0 spiro atoms. The summed E-state index contributed by atoms with van der Waals surface area (Å²) in [6.07, 6.45) is 0.205. The molecule has 1 saturated heterocycles. The van der Waals surface area contributed by atoms with Crippen LogP contribution in [0.5, 0.6) is 0 Å². The Morgan fingerprint density at radius 2 is 2.02 bits per heavy atom. The molecule has 40 heavy (non-hydrogen) atoms. The number of aryl methyl sites for hydroxylation is 1. The molecule has 0 aliphatic carbocycles. The molecule has 0 radical (unpaired) electrons. The van der Waals surface area contributed by atoms with Gasteiger partial charge in [-0.1, -0.05) is 23.7 Å². The number of alkyl halides is 1. The van der Waals surface area contributed by atoms with E-state index in [9.17, 15) is 19.1 Å². The van der Waals surface area contributed by atoms with E-state index in [1.54, 1.807) is 41.4 Å². The first kappa shape index (κ1) is 27.5. The van der Waals surface area contributed by atoms with E-state index < -0.39 is 18.9 Å². The van der Waals surface area contributed by atoms with Gasteiger partial charge in [-0.05, 0) is 48.4 Å². The standard InChI is InChI=1S/C28H30ClFN6O4/c1-17-13-20(35-8-10-36(11-9-35)28(39)40-12-6-30)15-22-25(17)34-26(33-22)24-21(5-7-31-27(24)38)32-16-23(37)18-3-2-4-19(29)14-18/h2-5,7,13-15,23,37H,6,8-12,16H2,1H3,(H,33,34)(H2,31,32,38)/t23-/m1/s1. The number of ether oxygens (including phenoxy) is 1. The molecule has 1 amide bonds. The number of hydrogen-bond donors (Lipinski definition) is 4. The van der Waals surface area contributed by atoms with Crippen LogP contribution in [0.2, 0.25) is 5.02 Å². The van der Waals surface area contributed by atoms with E-state index in [-0.39, 0.29) is 18.7 Å². The highest BCUT2D eigenvalue weighted by Gasteiger charge is 2.24. The molecule has 1 fully saturated rings. The second-order valence-electron chi connectivity index (χ2n) is 9.57. The normalized spacial score (nSPS) is 14.4. The number of nitrogens with zero attached hydrogens (tertiary/aromatic N) is 3. The molecule has 1 aliphatic rings. The highest BCUT2D eigenvalue weighted by molar-refractivity contribution is 6.30. The molecule has 12 heteroatoms. The number of fused-ring (bicyclic) bond motifs is 1. The van der Waals surface area contributed by atoms with Gasteiger partial charge in [-0.2, -0.15) is 0 Å². The minimum absolute atomic E-state index is 0.160. The zero-order valence-corrected chi connectivity index (χ0v) is 22.7. The Morgan fingerprint density at radius 1 is 1.23 bits per heavy atom. The van der Waals surface area contributed by atoms with Crippen molar-refractivity contribution in [2.24, 2.45) is 0 Å². The van der Waals surface area contributed by atoms with Crippen molar-refractivity contribution in [1.29, 1.82) is 0 Å². The number of benzene rings is 2. The Hall–Kier alpha value is -4.09. The number of aromatic nitrogens is 3. The van der Waals surface area contributed by atoms with Crippen molar-refractivity contribution in [2.45, 2.75) is 13.0 Å². The largest absolute Gasteiger partial charge is 0.447 e. The number of pyridine rings is 1. The first-order valence-corrected chi connectivity index (χ1v) is 13.3. The highest BCUT2D eigenvalue weighted by atomic mass is 35.5. The Bertz CT molecular complexity index is 1570. The number of carbonyl (C=O) groups excluding carboxylic acids is 1. The predicted octanol–water partition coefficient (Wildman–Crippen LogP) is 4.25. The van der Waals surface area contributed by atoms with Crippen LogP contribution in [0.15, 0.2) is 53.5 Å². The van der Waals surface area contributed by atoms with Crippen LogP contribution in [-0.4, -0.2) is 77.1 Å². The summed E-state index contributed by atoms with van der Waals surface area (Å²) < 4.78 is 17.2. The average Bonchev–Trinajstić information content (AvgIpc) is 3.39. The number of nitrogens with one attached hydrogen (secondary N) is 3. The number of piperazine rings is 1. The van der Waals surface area contributed by atoms with Gasteiger partial charge in [-0.15, -0.1) is 0 Å². The average molecular weight is 569 g/mol. The summed E-state index contributed by atoms with van der Waals surface area (Å²) in [5.74, 6) is 0.400. The maximum absolute atomic E-state index is 12.9. The van der Waals surface area contributed by atoms with Crippen LogP contribution < -0.4 is 15.8 Å². The molecule has 2 aromatic carbocycles. The lowest BCUT2D eigenvalue weighted by molar-refractivity contribution is 0.0943. The van der Waals surface area contributed by atoms with Gasteiger partial charge in [-0.3, -0.25) is 4.79 Å². The second-order valence-corrected chi connectivity index (χ2v) is 10.0. The molecule has 5 rings (SSSR count). The van der Waals surface area contributed by atoms with Crippen LogP contribution in [0.3, 0.4) is 0 Å². The van der Waals surface area contributed by atoms with Gasteiger partial charge in [0.25, 0.3) is 5.56 Å². The number of H-pyrrole nitrogens is 2. The van der Waals surface area contributed by atoms with Crippen molar-refractivity contribution in [2.75, 3.05) is 56.2 Å². The number of aliphatic hydroxyl groups excluding tert-OH is 1. The molecule has 1 atom stereocenters. The second kappa shape index (κ2) is 12.0. The van der Waals surface area contributed by atoms with Crippen LogP contribution in [0, 0.1) is 6.92 Å². The lowest BCUT2D eigenvalue weighted by atomic mass is 10.1. The van der Waals surface area contributed by atoms with E-state index in [0.29, 0.717) is 53.8 Å². The summed E-state index contributed by atoms with van der Waals surface area (Å²) in [5.41, 5.74) is 4.59. The maximum atomic E-state index is 12.9. The van der Waals surface area contributed by atoms with Gasteiger partial charge in [0.15, 0.2) is 0 Å². The fourth-order valence-corrected chi connectivity index (χ4v) is 5.03. The summed E-state index contributed by atoms with van der Waals surface area (Å²) in [6.45, 7) is 3.30. The number of anilines is 2. The minimum Gasteiger partial charge on any atom is -0.447 e. The Kier molecular flexibility index (Phi) is 8.22. The first-order valence-electron chi connectivity index (χ1n) is 13.0. The van der Waals surface area contributed by atoms with E-state index in [4.69, 9.17) is 21.3 Å². The first-order chi connectivity index (χ1) is 19.3. The zero-order valence-electron chi connectivity index (χ0n) is 21.9. The van der Waals surface area contributed by atoms with Gasteiger partial charge in [0.1, 0.15) is 24.7 Å². The molecular formula is C28H30ClFN6O4. The van der Waals surface area contributed by atoms with Crippen LogP contribution in [-0.2, 0) is 4.74 Å². The molecule has 0 bridgehead atoms. The Labute approximate surface area is 234 Å². The molecule has 3 heterocycles. The Morgan fingerprint density at radius 3 is 2.77 bits per heavy atom. The number of aromatic amines is 2. The van der Waals surface area contributed by atoms with Gasteiger partial charge in [0.2, 0.25) is 0 Å². The van der Waals surface area contributed by atoms with Crippen molar-refractivity contribution < 1.29 is 19.0 Å². The number of amides is 1. The van der Waals surface area contributed by atoms with E-state index in [1.807, 2.05) is 19.1 Å². The van der Waals surface area contributed by atoms with Crippen LogP contribution in [0.1, 0.15) is 17.2 Å². The number of carbonyl (C=O) groups is 1. The van der Waals surface area contributed by atoms with Gasteiger partial charge in [0.05, 0.1) is 22.8 Å². The molecule has 0 saturated carbocycles. The smallest absolute Gasteiger partial charge is 0.409 e. The van der Waals surface area contributed by atoms with Crippen molar-refractivity contribution in [3.63, 3.8) is 0 Å². The molecule has 4 N–H and O–H groups in total. The summed E-state index contributed by atoms with van der Waals surface area (Å²) in [6, 6.07) is 12.7. The number of aliphatic hydroxyl groups is 1. The van der Waals surface area contributed by atoms with E-state index in [2.05, 4.69) is 20.2 Å². The van der Waals surface area contributed by atoms with E-state index >= 15 is 0 Å². The van der Waals surface area contributed by atoms with Crippen LogP contribution in [0.25, 0.3) is 22.4 Å². The fraction of sp³-hybridized carbons (Fsp3) is 0.321. The van der Waals surface area contributed by atoms with Gasteiger partial charge in [0, 0.05) is 49.6 Å². The number of imidazole rings is 1. The van der Waals surface area contributed by atoms with E-state index in [1.165, 1.54) is 0 Å². The molecular weight excluding hydrogens is 539 g/mol. The Balaban J connectivity index is 1.35. The van der Waals surface area contributed by atoms with Gasteiger partial charge < -0.3 is 34.9 Å². The summed E-state index contributed by atoms with van der Waals surface area (Å²) >= 11 is 6.06. The third-order valence-electron chi connectivity index (χ3n) is 6.88. The van der Waals surface area contributed by atoms with Crippen molar-refractivity contribution in [3.8, 4) is 11.4 Å². The minimum atomic E-state index is -0.836. The summed E-state index contributed by atoms with van der Waals surface area (Å²) in [4.78, 5) is 39.4. The molecule has 10 nitrogen and oxygen atoms in total. The zero-order chi connectivity index (χ0) is 28.2. The third-order valence-corrected chi connectivity index (χ3v) is 7.12. The highest BCUT2D eigenvalue weighted by Crippen LogP contribution is 2.30. The predicted molar refractivity (Wildman–Crippen MR) is 153 cm³/mol. The van der Waals surface area contributed by atoms with Gasteiger partial charge in [-0.25, -0.2) is 14.2 Å². The molecule has 1 aliphatic heterocycles. The lowest BCUT2D eigenvalue weighted by Crippen LogP contribution is -2.49. The van der Waals surface area contributed by atoms with Crippen molar-refractivity contribution >= 4 is 40.1 Å². The maximum Gasteiger partial charge on any atom is 0.409 e. The van der Waals surface area contributed by atoms with E-state index in [0.717, 1.165) is 22.3 Å². The van der Waals surface area contributed by atoms with Crippen LogP contribution in [0.4, 0.5) is 20.6 Å². The summed E-state index contributed by atoms with van der Waals surface area (Å²) in [7, 11) is 0. The third kappa shape index (κ3) is 5.90. The number of halogens is 2. The quantitative estimate of drug-likeness (QED) is 0.250. The fourth-order valence-electron chi connectivity index (χ4n) is 4.84. The van der Waals surface area contributed by atoms with Gasteiger partial charge >= 0.3 is 6.09 Å². The lowest BCUT2D eigenvalue weighted by Gasteiger charge is -2.35. The molecule has 4 aromatic rings. The van der Waals surface area contributed by atoms with Crippen molar-refractivity contribution in [1.82, 2.24) is 19.9 Å². The molecule has 2 aromatic heterocycles. The SMILES string of the molecule is Cc1cc(N2CCN(C(=O)OCCF)CC2)cc2[nH]c(-c3c(NC[C@@H](O)c4cccc(Cl)c4)cc[nH]c3=O)nc12. The molecule has 210 valence electrons. The monoisotopic (exact) mass is 568 g/mol. The number of hydrogen-bond acceptors (Lipinski definition) is 7.